The first kappa shape index (κ1) is 24.8. The number of benzene rings is 2. The molecule has 0 N–H and O–H groups in total. The molecule has 2 fully saturated rings. The molecule has 0 bridgehead atoms. The smallest absolute Gasteiger partial charge is 0.293 e. The second kappa shape index (κ2) is 11.4. The van der Waals surface area contributed by atoms with E-state index in [1.165, 1.54) is 4.90 Å². The SMILES string of the molecule is CCOc1cc(/C=C2\SC(=O)N(Cc3cccc(C)c3)C2=O)ccc1OCC(=O)N1CCOCC1. The molecule has 0 unspecified atom stereocenters. The van der Waals surface area contributed by atoms with Crippen molar-refractivity contribution >= 4 is 34.9 Å². The Kier molecular flexibility index (Phi) is 8.09. The van der Waals surface area contributed by atoms with Crippen LogP contribution in [0.25, 0.3) is 6.08 Å². The van der Waals surface area contributed by atoms with Crippen molar-refractivity contribution in [1.82, 2.24) is 9.80 Å². The van der Waals surface area contributed by atoms with E-state index in [1.807, 2.05) is 38.1 Å². The fourth-order valence-corrected chi connectivity index (χ4v) is 4.66. The Morgan fingerprint density at radius 3 is 2.63 bits per heavy atom. The topological polar surface area (TPSA) is 85.4 Å². The van der Waals surface area contributed by atoms with Crippen molar-refractivity contribution in [3.63, 3.8) is 0 Å². The van der Waals surface area contributed by atoms with Crippen molar-refractivity contribution in [2.45, 2.75) is 20.4 Å². The van der Waals surface area contributed by atoms with E-state index >= 15 is 0 Å². The monoisotopic (exact) mass is 496 g/mol. The van der Waals surface area contributed by atoms with Crippen LogP contribution in [-0.4, -0.2) is 66.4 Å². The van der Waals surface area contributed by atoms with Crippen molar-refractivity contribution in [2.75, 3.05) is 39.5 Å². The predicted molar refractivity (Wildman–Crippen MR) is 133 cm³/mol. The van der Waals surface area contributed by atoms with E-state index in [9.17, 15) is 14.4 Å². The Bertz CT molecular complexity index is 1140. The molecule has 184 valence electrons. The van der Waals surface area contributed by atoms with E-state index in [0.29, 0.717) is 54.9 Å². The highest BCUT2D eigenvalue weighted by Gasteiger charge is 2.35. The number of nitrogens with zero attached hydrogens (tertiary/aromatic N) is 2. The molecule has 0 aliphatic carbocycles. The molecule has 35 heavy (non-hydrogen) atoms. The number of hydrogen-bond donors (Lipinski definition) is 0. The molecule has 0 spiro atoms. The molecule has 0 atom stereocenters. The van der Waals surface area contributed by atoms with Gasteiger partial charge >= 0.3 is 0 Å². The normalized spacial score (nSPS) is 17.3. The number of hydrogen-bond acceptors (Lipinski definition) is 7. The average molecular weight is 497 g/mol. The Morgan fingerprint density at radius 2 is 1.89 bits per heavy atom. The van der Waals surface area contributed by atoms with Crippen LogP contribution in [0.3, 0.4) is 0 Å². The molecule has 8 nitrogen and oxygen atoms in total. The van der Waals surface area contributed by atoms with Gasteiger partial charge in [0, 0.05) is 13.1 Å². The molecule has 2 aliphatic heterocycles. The number of carbonyl (C=O) groups is 3. The maximum absolute atomic E-state index is 12.9. The number of morpholine rings is 1. The van der Waals surface area contributed by atoms with E-state index in [-0.39, 0.29) is 30.2 Å². The summed E-state index contributed by atoms with van der Waals surface area (Å²) >= 11 is 0.920. The first-order valence-electron chi connectivity index (χ1n) is 11.5. The molecule has 9 heteroatoms. The van der Waals surface area contributed by atoms with E-state index in [1.54, 1.807) is 29.2 Å². The van der Waals surface area contributed by atoms with Crippen LogP contribution in [0, 0.1) is 6.92 Å². The summed E-state index contributed by atoms with van der Waals surface area (Å²) in [6, 6.07) is 13.0. The first-order chi connectivity index (χ1) is 16.9. The molecule has 0 aromatic heterocycles. The first-order valence-corrected chi connectivity index (χ1v) is 12.3. The quantitative estimate of drug-likeness (QED) is 0.513. The lowest BCUT2D eigenvalue weighted by atomic mass is 10.1. The molecule has 3 amide bonds. The number of aryl methyl sites for hydroxylation is 1. The van der Waals surface area contributed by atoms with E-state index in [2.05, 4.69) is 0 Å². The van der Waals surface area contributed by atoms with Crippen molar-refractivity contribution < 1.29 is 28.6 Å². The van der Waals surface area contributed by atoms with Crippen LogP contribution >= 0.6 is 11.8 Å². The van der Waals surface area contributed by atoms with Crippen LogP contribution in [-0.2, 0) is 20.9 Å². The highest BCUT2D eigenvalue weighted by atomic mass is 32.2. The van der Waals surface area contributed by atoms with Crippen molar-refractivity contribution in [1.29, 1.82) is 0 Å². The second-order valence-corrected chi connectivity index (χ2v) is 9.17. The Labute approximate surface area is 208 Å². The number of carbonyl (C=O) groups excluding carboxylic acids is 3. The molecule has 0 saturated carbocycles. The van der Waals surface area contributed by atoms with Gasteiger partial charge in [0.2, 0.25) is 0 Å². The van der Waals surface area contributed by atoms with Gasteiger partial charge in [0.1, 0.15) is 0 Å². The van der Waals surface area contributed by atoms with Crippen LogP contribution in [0.1, 0.15) is 23.6 Å². The van der Waals surface area contributed by atoms with Gasteiger partial charge in [-0.2, -0.15) is 0 Å². The van der Waals surface area contributed by atoms with Crippen molar-refractivity contribution in [3.8, 4) is 11.5 Å². The molecule has 4 rings (SSSR count). The third kappa shape index (κ3) is 6.23. The van der Waals surface area contributed by atoms with Crippen LogP contribution in [0.5, 0.6) is 11.5 Å². The number of ether oxygens (including phenoxy) is 3. The summed E-state index contributed by atoms with van der Waals surface area (Å²) in [7, 11) is 0. The molecular formula is C26H28N2O6S. The third-order valence-corrected chi connectivity index (χ3v) is 6.48. The standard InChI is InChI=1S/C26H28N2O6S/c1-3-33-22-14-19(7-8-21(22)34-17-24(29)27-9-11-32-12-10-27)15-23-25(30)28(26(31)35-23)16-20-6-4-5-18(2)13-20/h4-8,13-15H,3,9-12,16-17H2,1-2H3/b23-15-. The maximum Gasteiger partial charge on any atom is 0.293 e. The molecule has 2 aromatic rings. The predicted octanol–water partition coefficient (Wildman–Crippen LogP) is 3.87. The van der Waals surface area contributed by atoms with E-state index < -0.39 is 0 Å². The Balaban J connectivity index is 1.45. The van der Waals surface area contributed by atoms with Crippen LogP contribution in [0.15, 0.2) is 47.4 Å². The van der Waals surface area contributed by atoms with Crippen molar-refractivity contribution in [2.24, 2.45) is 0 Å². The highest BCUT2D eigenvalue weighted by molar-refractivity contribution is 8.18. The summed E-state index contributed by atoms with van der Waals surface area (Å²) in [6.45, 7) is 6.53. The van der Waals surface area contributed by atoms with Gasteiger partial charge in [0.15, 0.2) is 18.1 Å². The maximum atomic E-state index is 12.9. The Morgan fingerprint density at radius 1 is 1.09 bits per heavy atom. The van der Waals surface area contributed by atoms with Gasteiger partial charge < -0.3 is 19.1 Å². The number of imide groups is 1. The van der Waals surface area contributed by atoms with Crippen LogP contribution in [0.2, 0.25) is 0 Å². The van der Waals surface area contributed by atoms with Gasteiger partial charge in [-0.25, -0.2) is 0 Å². The molecule has 2 aromatic carbocycles. The third-order valence-electron chi connectivity index (χ3n) is 5.58. The lowest BCUT2D eigenvalue weighted by molar-refractivity contribution is -0.137. The van der Waals surface area contributed by atoms with Crippen molar-refractivity contribution in [3.05, 3.63) is 64.1 Å². The van der Waals surface area contributed by atoms with E-state index in [4.69, 9.17) is 14.2 Å². The fourth-order valence-electron chi connectivity index (χ4n) is 3.83. The highest BCUT2D eigenvalue weighted by Crippen LogP contribution is 2.35. The minimum absolute atomic E-state index is 0.0999. The average Bonchev–Trinajstić information content (AvgIpc) is 3.11. The Hall–Kier alpha value is -3.30. The lowest BCUT2D eigenvalue weighted by Gasteiger charge is -2.26. The minimum Gasteiger partial charge on any atom is -0.490 e. The van der Waals surface area contributed by atoms with E-state index in [0.717, 1.165) is 22.9 Å². The van der Waals surface area contributed by atoms with Gasteiger partial charge in [-0.05, 0) is 54.9 Å². The van der Waals surface area contributed by atoms with Gasteiger partial charge in [0.05, 0.1) is 31.3 Å². The lowest BCUT2D eigenvalue weighted by Crippen LogP contribution is -2.43. The minimum atomic E-state index is -0.323. The van der Waals surface area contributed by atoms with Gasteiger partial charge in [-0.1, -0.05) is 35.9 Å². The summed E-state index contributed by atoms with van der Waals surface area (Å²) in [5.74, 6) is 0.478. The zero-order valence-corrected chi connectivity index (χ0v) is 20.6. The summed E-state index contributed by atoms with van der Waals surface area (Å²) in [5, 5.41) is -0.297. The molecular weight excluding hydrogens is 468 g/mol. The molecule has 0 radical (unpaired) electrons. The summed E-state index contributed by atoms with van der Waals surface area (Å²) in [4.78, 5) is 41.2. The van der Waals surface area contributed by atoms with Crippen LogP contribution < -0.4 is 9.47 Å². The number of rotatable bonds is 8. The summed E-state index contributed by atoms with van der Waals surface area (Å²) < 4.78 is 16.7. The molecule has 2 saturated heterocycles. The van der Waals surface area contributed by atoms with Gasteiger partial charge in [0.25, 0.3) is 17.1 Å². The van der Waals surface area contributed by atoms with Crippen LogP contribution in [0.4, 0.5) is 4.79 Å². The summed E-state index contributed by atoms with van der Waals surface area (Å²) in [5.41, 5.74) is 2.67. The zero-order valence-electron chi connectivity index (χ0n) is 19.8. The number of amides is 3. The largest absolute Gasteiger partial charge is 0.490 e. The molecule has 2 aliphatic rings. The number of thioether (sulfide) groups is 1. The zero-order chi connectivity index (χ0) is 24.8. The van der Waals surface area contributed by atoms with Gasteiger partial charge in [-0.3, -0.25) is 19.3 Å². The molecule has 2 heterocycles. The van der Waals surface area contributed by atoms with Gasteiger partial charge in [-0.15, -0.1) is 0 Å². The summed E-state index contributed by atoms with van der Waals surface area (Å²) in [6.07, 6.45) is 1.67. The second-order valence-electron chi connectivity index (χ2n) is 8.18. The fraction of sp³-hybridized carbons (Fsp3) is 0.346.